The standard InChI is InChI=1S/C12H19IN5.Cr/c1-9-3-4-12(2,13)6-10(7-14)11(5-9)18(16)8-17-15;/h3-6,8H,7,14-16H2,1-2H3;/q-1;/p+1/b4-3-,10-6-,11-5+;. The monoisotopic (exact) mass is 413 g/mol. The average Bonchev–Trinajstić information content (AvgIpc) is 2.30. The second-order valence-electron chi connectivity index (χ2n) is 4.33. The molecule has 7 N–H and O–H groups in total. The molecule has 0 saturated carbocycles. The van der Waals surface area contributed by atoms with E-state index in [1.165, 1.54) is 11.0 Å². The first kappa shape index (κ1) is 18.5. The van der Waals surface area contributed by atoms with Gasteiger partial charge in [0.05, 0.1) is 5.70 Å². The number of alkyl halides is 1. The van der Waals surface area contributed by atoms with Gasteiger partial charge in [0, 0.05) is 27.3 Å². The maximum atomic E-state index is 5.93. The van der Waals surface area contributed by atoms with Crippen LogP contribution in [0.3, 0.4) is 0 Å². The van der Waals surface area contributed by atoms with Crippen molar-refractivity contribution in [3.63, 3.8) is 0 Å². The Labute approximate surface area is 138 Å². The van der Waals surface area contributed by atoms with Crippen molar-refractivity contribution in [2.45, 2.75) is 17.3 Å². The van der Waals surface area contributed by atoms with Crippen molar-refractivity contribution in [3.05, 3.63) is 41.5 Å². The molecule has 0 aromatic heterocycles. The van der Waals surface area contributed by atoms with Gasteiger partial charge in [-0.05, 0) is 5.57 Å². The van der Waals surface area contributed by atoms with Gasteiger partial charge in [0.1, 0.15) is 0 Å². The summed E-state index contributed by atoms with van der Waals surface area (Å²) in [5.41, 5.74) is 10.0. The summed E-state index contributed by atoms with van der Waals surface area (Å²) >= 11 is 2.37. The molecular weight excluding hydrogens is 393 g/mol. The van der Waals surface area contributed by atoms with Crippen LogP contribution in [-0.2, 0) is 17.4 Å². The molecule has 0 radical (unpaired) electrons. The number of hydrogen-bond donors (Lipinski definition) is 4. The van der Waals surface area contributed by atoms with Crippen LogP contribution in [0.4, 0.5) is 0 Å². The van der Waals surface area contributed by atoms with Gasteiger partial charge in [-0.1, -0.05) is 42.5 Å². The topological polar surface area (TPSA) is 93.1 Å². The minimum Gasteiger partial charge on any atom is -0.327 e. The van der Waals surface area contributed by atoms with Crippen LogP contribution in [0.1, 0.15) is 13.8 Å². The van der Waals surface area contributed by atoms with Crippen LogP contribution in [0.25, 0.3) is 0 Å². The van der Waals surface area contributed by atoms with Gasteiger partial charge in [-0.3, -0.25) is 5.84 Å². The van der Waals surface area contributed by atoms with Gasteiger partial charge in [-0.25, -0.2) is 5.43 Å². The van der Waals surface area contributed by atoms with Crippen LogP contribution in [0.5, 0.6) is 0 Å². The Bertz CT molecular complexity index is 426. The molecule has 7 heteroatoms. The number of hydrazone groups is 1. The number of allylic oxidation sites excluding steroid dienone is 4. The van der Waals surface area contributed by atoms with Crippen molar-refractivity contribution in [1.82, 2.24) is 5.43 Å². The van der Waals surface area contributed by atoms with Gasteiger partial charge in [0.15, 0.2) is 0 Å². The summed E-state index contributed by atoms with van der Waals surface area (Å²) in [5, 5.41) is 0. The van der Waals surface area contributed by atoms with E-state index in [9.17, 15) is 0 Å². The summed E-state index contributed by atoms with van der Waals surface area (Å²) in [6, 6.07) is 0. The summed E-state index contributed by atoms with van der Waals surface area (Å²) in [6.45, 7) is 4.55. The SMILES string of the molecule is C[C-]1/C=C\C(C)(I)\C=C(CN)/C([N+](/N)=C/NN)=C\1.[Cr]. The summed E-state index contributed by atoms with van der Waals surface area (Å²) in [4.78, 5) is 0. The van der Waals surface area contributed by atoms with Crippen molar-refractivity contribution in [1.29, 1.82) is 0 Å². The third kappa shape index (κ3) is 5.59. The van der Waals surface area contributed by atoms with Gasteiger partial charge < -0.3 is 5.73 Å². The molecule has 19 heavy (non-hydrogen) atoms. The zero-order valence-corrected chi connectivity index (χ0v) is 14.5. The molecule has 106 valence electrons. The predicted molar refractivity (Wildman–Crippen MR) is 83.5 cm³/mol. The third-order valence-corrected chi connectivity index (χ3v) is 3.20. The molecule has 1 rings (SSSR count). The predicted octanol–water partition coefficient (Wildman–Crippen LogP) is 0.489. The Morgan fingerprint density at radius 1 is 1.58 bits per heavy atom. The summed E-state index contributed by atoms with van der Waals surface area (Å²) in [5.74, 6) is 12.3. The van der Waals surface area contributed by atoms with E-state index in [4.69, 9.17) is 17.4 Å². The maximum absolute atomic E-state index is 5.93. The maximum Gasteiger partial charge on any atom is 0.266 e. The number of halogens is 1. The number of nitrogens with two attached hydrogens (primary N) is 3. The Balaban J connectivity index is 0.00000324. The number of nitrogens with one attached hydrogen (secondary N) is 1. The average molecular weight is 413 g/mol. The van der Waals surface area contributed by atoms with E-state index < -0.39 is 0 Å². The van der Waals surface area contributed by atoms with Gasteiger partial charge in [-0.2, -0.15) is 28.6 Å². The van der Waals surface area contributed by atoms with Crippen molar-refractivity contribution in [2.75, 3.05) is 6.54 Å². The second-order valence-corrected chi connectivity index (χ2v) is 6.66. The van der Waals surface area contributed by atoms with Crippen LogP contribution >= 0.6 is 22.6 Å². The van der Waals surface area contributed by atoms with Gasteiger partial charge >= 0.3 is 0 Å². The zero-order valence-electron chi connectivity index (χ0n) is 11.1. The summed E-state index contributed by atoms with van der Waals surface area (Å²) < 4.78 is 1.35. The van der Waals surface area contributed by atoms with Gasteiger partial charge in [0.2, 0.25) is 0 Å². The normalized spacial score (nSPS) is 31.0. The Hall–Kier alpha value is -0.458. The second kappa shape index (κ2) is 7.97. The van der Waals surface area contributed by atoms with Crippen LogP contribution in [-0.4, -0.2) is 21.0 Å². The van der Waals surface area contributed by atoms with E-state index >= 15 is 0 Å². The molecule has 0 fully saturated rings. The molecule has 0 bridgehead atoms. The summed E-state index contributed by atoms with van der Waals surface area (Å²) in [6.07, 6.45) is 9.78. The Kier molecular flexibility index (Phi) is 7.78. The van der Waals surface area contributed by atoms with E-state index in [1.807, 2.05) is 13.0 Å². The minimum absolute atomic E-state index is 0. The third-order valence-electron chi connectivity index (χ3n) is 2.53. The fourth-order valence-electron chi connectivity index (χ4n) is 1.67. The van der Waals surface area contributed by atoms with Crippen LogP contribution in [0.2, 0.25) is 0 Å². The van der Waals surface area contributed by atoms with Crippen LogP contribution in [0, 0.1) is 5.92 Å². The number of hydrazine groups is 2. The molecule has 1 unspecified atom stereocenters. The van der Waals surface area contributed by atoms with Gasteiger partial charge in [0.25, 0.3) is 6.34 Å². The molecule has 5 nitrogen and oxygen atoms in total. The van der Waals surface area contributed by atoms with E-state index in [-0.39, 0.29) is 20.8 Å². The summed E-state index contributed by atoms with van der Waals surface area (Å²) in [7, 11) is 0. The first-order valence-corrected chi connectivity index (χ1v) is 6.66. The Morgan fingerprint density at radius 3 is 2.74 bits per heavy atom. The smallest absolute Gasteiger partial charge is 0.266 e. The molecular formula is C12H20CrIN5. The molecule has 0 heterocycles. The van der Waals surface area contributed by atoms with E-state index in [2.05, 4.69) is 53.2 Å². The first-order chi connectivity index (χ1) is 8.39. The van der Waals surface area contributed by atoms with Crippen LogP contribution in [0.15, 0.2) is 35.6 Å². The van der Waals surface area contributed by atoms with Crippen molar-refractivity contribution < 1.29 is 22.0 Å². The van der Waals surface area contributed by atoms with Crippen molar-refractivity contribution in [3.8, 4) is 0 Å². The zero-order chi connectivity index (χ0) is 13.8. The molecule has 1 aliphatic rings. The van der Waals surface area contributed by atoms with Crippen molar-refractivity contribution in [2.24, 2.45) is 17.4 Å². The number of hydrogen-bond acceptors (Lipinski definition) is 3. The molecule has 1 atom stereocenters. The molecule has 0 aliphatic heterocycles. The molecule has 0 aromatic carbocycles. The first-order valence-electron chi connectivity index (χ1n) is 5.58. The number of nitrogens with zero attached hydrogens (tertiary/aromatic N) is 1. The largest absolute Gasteiger partial charge is 0.327 e. The molecule has 0 spiro atoms. The fraction of sp³-hybridized carbons (Fsp3) is 0.333. The van der Waals surface area contributed by atoms with Crippen LogP contribution < -0.4 is 22.8 Å². The Morgan fingerprint density at radius 2 is 2.21 bits per heavy atom. The molecule has 0 amide bonds. The molecule has 0 saturated heterocycles. The molecule has 0 aromatic rings. The fourth-order valence-corrected chi connectivity index (χ4v) is 2.22. The van der Waals surface area contributed by atoms with Crippen molar-refractivity contribution >= 4 is 28.9 Å². The van der Waals surface area contributed by atoms with E-state index in [0.717, 1.165) is 17.2 Å². The minimum atomic E-state index is -0.0930. The molecule has 1 aliphatic carbocycles. The van der Waals surface area contributed by atoms with E-state index in [0.29, 0.717) is 6.54 Å². The quantitative estimate of drug-likeness (QED) is 0.0792. The van der Waals surface area contributed by atoms with Gasteiger partial charge in [-0.15, -0.1) is 6.08 Å². The number of rotatable bonds is 3. The van der Waals surface area contributed by atoms with E-state index in [1.54, 1.807) is 0 Å².